The molecule has 5 nitrogen and oxygen atoms in total. The number of hydrogen-bond donors (Lipinski definition) is 2. The molecule has 0 radical (unpaired) electrons. The van der Waals surface area contributed by atoms with Crippen LogP contribution in [0.1, 0.15) is 23.6 Å². The standard InChI is InChI=1S/C12H14N2O3S2/c1-9(15)10-3-2-4-11(7-10)19(16,17)14-8-12-13-5-6-18-12/h2-7,9,14-15H,8H2,1H3. The van der Waals surface area contributed by atoms with Crippen molar-refractivity contribution in [1.82, 2.24) is 9.71 Å². The maximum atomic E-state index is 12.1. The van der Waals surface area contributed by atoms with Crippen LogP contribution >= 0.6 is 11.3 Å². The van der Waals surface area contributed by atoms with Gasteiger partial charge in [0.1, 0.15) is 5.01 Å². The van der Waals surface area contributed by atoms with Crippen molar-refractivity contribution in [3.63, 3.8) is 0 Å². The zero-order valence-electron chi connectivity index (χ0n) is 10.3. The number of thiazole rings is 1. The van der Waals surface area contributed by atoms with Gasteiger partial charge >= 0.3 is 0 Å². The molecule has 2 N–H and O–H groups in total. The van der Waals surface area contributed by atoms with Gasteiger partial charge in [0.15, 0.2) is 0 Å². The van der Waals surface area contributed by atoms with Crippen molar-refractivity contribution in [1.29, 1.82) is 0 Å². The summed E-state index contributed by atoms with van der Waals surface area (Å²) in [6.07, 6.45) is 0.927. The zero-order valence-corrected chi connectivity index (χ0v) is 11.9. The van der Waals surface area contributed by atoms with E-state index >= 15 is 0 Å². The van der Waals surface area contributed by atoms with Gasteiger partial charge < -0.3 is 5.11 Å². The van der Waals surface area contributed by atoms with Crippen LogP contribution in [0.15, 0.2) is 40.7 Å². The van der Waals surface area contributed by atoms with E-state index in [2.05, 4.69) is 9.71 Å². The predicted molar refractivity (Wildman–Crippen MR) is 73.2 cm³/mol. The van der Waals surface area contributed by atoms with E-state index in [1.807, 2.05) is 0 Å². The minimum Gasteiger partial charge on any atom is -0.389 e. The lowest BCUT2D eigenvalue weighted by Crippen LogP contribution is -2.23. The monoisotopic (exact) mass is 298 g/mol. The minimum absolute atomic E-state index is 0.141. The molecule has 1 heterocycles. The molecule has 1 unspecified atom stereocenters. The lowest BCUT2D eigenvalue weighted by Gasteiger charge is -2.09. The fraction of sp³-hybridized carbons (Fsp3) is 0.250. The number of sulfonamides is 1. The largest absolute Gasteiger partial charge is 0.389 e. The predicted octanol–water partition coefficient (Wildman–Crippen LogP) is 1.67. The molecular weight excluding hydrogens is 284 g/mol. The lowest BCUT2D eigenvalue weighted by molar-refractivity contribution is 0.199. The highest BCUT2D eigenvalue weighted by atomic mass is 32.2. The highest BCUT2D eigenvalue weighted by Gasteiger charge is 2.15. The second-order valence-electron chi connectivity index (χ2n) is 4.00. The van der Waals surface area contributed by atoms with Crippen molar-refractivity contribution in [2.45, 2.75) is 24.5 Å². The summed E-state index contributed by atoms with van der Waals surface area (Å²) in [7, 11) is -3.59. The van der Waals surface area contributed by atoms with Gasteiger partial charge in [-0.25, -0.2) is 18.1 Å². The summed E-state index contributed by atoms with van der Waals surface area (Å²) in [5, 5.41) is 12.0. The van der Waals surface area contributed by atoms with Crippen molar-refractivity contribution >= 4 is 21.4 Å². The van der Waals surface area contributed by atoms with Crippen LogP contribution in [0.5, 0.6) is 0 Å². The Morgan fingerprint density at radius 2 is 2.26 bits per heavy atom. The minimum atomic E-state index is -3.59. The molecule has 2 rings (SSSR count). The van der Waals surface area contributed by atoms with Gasteiger partial charge in [-0.3, -0.25) is 0 Å². The molecule has 0 saturated heterocycles. The van der Waals surface area contributed by atoms with Crippen LogP contribution in [-0.2, 0) is 16.6 Å². The Labute approximate surface area is 116 Å². The van der Waals surface area contributed by atoms with Gasteiger partial charge in [-0.05, 0) is 24.6 Å². The molecule has 0 aliphatic carbocycles. The van der Waals surface area contributed by atoms with E-state index in [0.717, 1.165) is 0 Å². The molecule has 1 aromatic carbocycles. The van der Waals surface area contributed by atoms with Crippen LogP contribution in [0, 0.1) is 0 Å². The molecule has 0 spiro atoms. The van der Waals surface area contributed by atoms with E-state index in [-0.39, 0.29) is 11.4 Å². The van der Waals surface area contributed by atoms with Crippen LogP contribution in [-0.4, -0.2) is 18.5 Å². The summed E-state index contributed by atoms with van der Waals surface area (Å²) in [5.74, 6) is 0. The van der Waals surface area contributed by atoms with Crippen molar-refractivity contribution in [2.24, 2.45) is 0 Å². The molecule has 1 aromatic heterocycles. The molecule has 7 heteroatoms. The summed E-state index contributed by atoms with van der Waals surface area (Å²) < 4.78 is 26.7. The van der Waals surface area contributed by atoms with Gasteiger partial charge in [0.25, 0.3) is 0 Å². The summed E-state index contributed by atoms with van der Waals surface area (Å²) >= 11 is 1.39. The van der Waals surface area contributed by atoms with Crippen LogP contribution in [0.2, 0.25) is 0 Å². The maximum Gasteiger partial charge on any atom is 0.240 e. The number of aliphatic hydroxyl groups excluding tert-OH is 1. The fourth-order valence-corrected chi connectivity index (χ4v) is 3.21. The molecule has 0 aliphatic heterocycles. The maximum absolute atomic E-state index is 12.1. The highest BCUT2D eigenvalue weighted by molar-refractivity contribution is 7.89. The lowest BCUT2D eigenvalue weighted by atomic mass is 10.1. The molecule has 19 heavy (non-hydrogen) atoms. The third-order valence-electron chi connectivity index (χ3n) is 2.55. The van der Waals surface area contributed by atoms with E-state index in [1.54, 1.807) is 30.6 Å². The number of rotatable bonds is 5. The Bertz CT molecular complexity index is 637. The van der Waals surface area contributed by atoms with Gasteiger partial charge in [0, 0.05) is 11.6 Å². The number of nitrogens with zero attached hydrogens (tertiary/aromatic N) is 1. The third kappa shape index (κ3) is 3.60. The van der Waals surface area contributed by atoms with Crippen LogP contribution in [0.4, 0.5) is 0 Å². The van der Waals surface area contributed by atoms with Gasteiger partial charge in [-0.1, -0.05) is 12.1 Å². The Kier molecular flexibility index (Phi) is 4.31. The van der Waals surface area contributed by atoms with Crippen LogP contribution in [0.25, 0.3) is 0 Å². The van der Waals surface area contributed by atoms with Crippen molar-refractivity contribution < 1.29 is 13.5 Å². The molecule has 2 aromatic rings. The first-order valence-corrected chi connectivity index (χ1v) is 8.01. The van der Waals surface area contributed by atoms with E-state index in [9.17, 15) is 13.5 Å². The SMILES string of the molecule is CC(O)c1cccc(S(=O)(=O)NCc2nccs2)c1. The number of hydrogen-bond acceptors (Lipinski definition) is 5. The topological polar surface area (TPSA) is 79.3 Å². The molecule has 0 fully saturated rings. The molecule has 102 valence electrons. The Hall–Kier alpha value is -1.28. The molecule has 0 saturated carbocycles. The summed E-state index contributed by atoms with van der Waals surface area (Å²) in [4.78, 5) is 4.15. The number of benzene rings is 1. The van der Waals surface area contributed by atoms with Gasteiger partial charge in [0.05, 0.1) is 17.5 Å². The average Bonchev–Trinajstić information content (AvgIpc) is 2.90. The average molecular weight is 298 g/mol. The fourth-order valence-electron chi connectivity index (χ4n) is 1.52. The van der Waals surface area contributed by atoms with E-state index in [1.165, 1.54) is 23.5 Å². The second kappa shape index (κ2) is 5.79. The Morgan fingerprint density at radius 3 is 2.89 bits per heavy atom. The number of aromatic nitrogens is 1. The van der Waals surface area contributed by atoms with E-state index in [0.29, 0.717) is 10.6 Å². The Morgan fingerprint density at radius 1 is 1.47 bits per heavy atom. The first kappa shape index (κ1) is 14.1. The van der Waals surface area contributed by atoms with Gasteiger partial charge in [-0.15, -0.1) is 11.3 Å². The normalized spacial score (nSPS) is 13.4. The number of aliphatic hydroxyl groups is 1. The molecule has 1 atom stereocenters. The van der Waals surface area contributed by atoms with Crippen LogP contribution in [0.3, 0.4) is 0 Å². The summed E-state index contributed by atoms with van der Waals surface area (Å²) in [5.41, 5.74) is 0.567. The first-order valence-electron chi connectivity index (χ1n) is 5.65. The molecular formula is C12H14N2O3S2. The summed E-state index contributed by atoms with van der Waals surface area (Å²) in [6.45, 7) is 1.76. The van der Waals surface area contributed by atoms with E-state index in [4.69, 9.17) is 0 Å². The van der Waals surface area contributed by atoms with Gasteiger partial charge in [0.2, 0.25) is 10.0 Å². The van der Waals surface area contributed by atoms with Crippen molar-refractivity contribution in [3.05, 3.63) is 46.4 Å². The second-order valence-corrected chi connectivity index (χ2v) is 6.74. The quantitative estimate of drug-likeness (QED) is 0.880. The molecule has 0 bridgehead atoms. The van der Waals surface area contributed by atoms with Crippen LogP contribution < -0.4 is 4.72 Å². The zero-order chi connectivity index (χ0) is 13.9. The summed E-state index contributed by atoms with van der Waals surface area (Å²) in [6, 6.07) is 6.26. The smallest absolute Gasteiger partial charge is 0.240 e. The molecule has 0 aliphatic rings. The molecule has 0 amide bonds. The first-order chi connectivity index (χ1) is 8.99. The Balaban J connectivity index is 2.17. The van der Waals surface area contributed by atoms with Crippen molar-refractivity contribution in [3.8, 4) is 0 Å². The number of nitrogens with one attached hydrogen (secondary N) is 1. The van der Waals surface area contributed by atoms with E-state index < -0.39 is 16.1 Å². The third-order valence-corrected chi connectivity index (χ3v) is 4.73. The highest BCUT2D eigenvalue weighted by Crippen LogP contribution is 2.17. The van der Waals surface area contributed by atoms with Crippen molar-refractivity contribution in [2.75, 3.05) is 0 Å². The van der Waals surface area contributed by atoms with Gasteiger partial charge in [-0.2, -0.15) is 0 Å².